The molecule has 0 aliphatic rings. The van der Waals surface area contributed by atoms with Gasteiger partial charge in [0.1, 0.15) is 16.9 Å². The fraction of sp³-hybridized carbons (Fsp3) is 0.0476. The smallest absolute Gasteiger partial charge is 0.257 e. The Morgan fingerprint density at radius 3 is 2.50 bits per heavy atom. The summed E-state index contributed by atoms with van der Waals surface area (Å²) in [5.74, 6) is -0.167. The molecule has 28 heavy (non-hydrogen) atoms. The first-order chi connectivity index (χ1) is 13.7. The van der Waals surface area contributed by atoms with Crippen LogP contribution in [0.25, 0.3) is 22.2 Å². The molecule has 7 heteroatoms. The van der Waals surface area contributed by atoms with Crippen LogP contribution in [0.15, 0.2) is 72.4 Å². The first kappa shape index (κ1) is 17.4. The van der Waals surface area contributed by atoms with Gasteiger partial charge in [-0.25, -0.2) is 9.97 Å². The molecule has 1 amide bonds. The van der Waals surface area contributed by atoms with Gasteiger partial charge in [-0.2, -0.15) is 9.78 Å². The highest BCUT2D eigenvalue weighted by Crippen LogP contribution is 2.27. The number of anilines is 1. The van der Waals surface area contributed by atoms with Crippen LogP contribution in [0.2, 0.25) is 0 Å². The minimum Gasteiger partial charge on any atom is -0.383 e. The lowest BCUT2D eigenvalue weighted by Crippen LogP contribution is -2.24. The molecule has 0 bridgehead atoms. The fourth-order valence-electron chi connectivity index (χ4n) is 2.90. The number of nitrogens with zero attached hydrogens (tertiary/aromatic N) is 4. The maximum atomic E-state index is 12.7. The number of hydrogen-bond donors (Lipinski definition) is 2. The number of fused-ring (bicyclic) bond motifs is 2. The van der Waals surface area contributed by atoms with Crippen molar-refractivity contribution in [1.29, 1.82) is 0 Å². The summed E-state index contributed by atoms with van der Waals surface area (Å²) in [6.45, 7) is 3.94. The standard InChI is InChI=1S/C21H18N6O/c1-2-12-23-21(28)17-18-20(26-16-11-7-6-10-15(16)25-18)27(19(17)22)24-13-14-8-4-3-5-9-14/h2-11,13H,1,12,22H2,(H,23,28)/b24-13-. The Morgan fingerprint density at radius 1 is 1.11 bits per heavy atom. The van der Waals surface area contributed by atoms with E-state index in [9.17, 15) is 4.79 Å². The monoisotopic (exact) mass is 370 g/mol. The lowest BCUT2D eigenvalue weighted by atomic mass is 10.2. The lowest BCUT2D eigenvalue weighted by Gasteiger charge is -2.02. The molecule has 4 rings (SSSR count). The molecular weight excluding hydrogens is 352 g/mol. The summed E-state index contributed by atoms with van der Waals surface area (Å²) < 4.78 is 1.45. The molecule has 138 valence electrons. The van der Waals surface area contributed by atoms with Gasteiger partial charge in [-0.3, -0.25) is 4.79 Å². The van der Waals surface area contributed by atoms with Crippen molar-refractivity contribution in [3.63, 3.8) is 0 Å². The van der Waals surface area contributed by atoms with Gasteiger partial charge in [0, 0.05) is 6.54 Å². The molecule has 0 aliphatic heterocycles. The molecule has 0 atom stereocenters. The van der Waals surface area contributed by atoms with E-state index in [0.29, 0.717) is 28.7 Å². The summed E-state index contributed by atoms with van der Waals surface area (Å²) in [5, 5.41) is 7.21. The Kier molecular flexibility index (Phi) is 4.55. The summed E-state index contributed by atoms with van der Waals surface area (Å²) in [5.41, 5.74) is 9.65. The van der Waals surface area contributed by atoms with Crippen LogP contribution in [-0.4, -0.2) is 33.3 Å². The van der Waals surface area contributed by atoms with Crippen LogP contribution in [0.5, 0.6) is 0 Å². The third-order valence-electron chi connectivity index (χ3n) is 4.23. The van der Waals surface area contributed by atoms with Gasteiger partial charge in [-0.1, -0.05) is 48.5 Å². The molecule has 2 aromatic carbocycles. The van der Waals surface area contributed by atoms with Gasteiger partial charge in [-0.05, 0) is 17.7 Å². The maximum Gasteiger partial charge on any atom is 0.257 e. The van der Waals surface area contributed by atoms with Gasteiger partial charge in [0.15, 0.2) is 5.65 Å². The van der Waals surface area contributed by atoms with Crippen molar-refractivity contribution in [1.82, 2.24) is 20.0 Å². The van der Waals surface area contributed by atoms with Gasteiger partial charge in [-0.15, -0.1) is 6.58 Å². The topological polar surface area (TPSA) is 98.2 Å². The van der Waals surface area contributed by atoms with Crippen molar-refractivity contribution in [2.75, 3.05) is 12.3 Å². The molecule has 3 N–H and O–H groups in total. The Bertz CT molecular complexity index is 1210. The SMILES string of the molecule is C=CCNC(=O)c1c(N)n(/N=C\c2ccccc2)c2nc3ccccc3nc12. The van der Waals surface area contributed by atoms with Crippen LogP contribution in [0, 0.1) is 0 Å². The highest BCUT2D eigenvalue weighted by atomic mass is 16.1. The predicted octanol–water partition coefficient (Wildman–Crippen LogP) is 2.96. The average Bonchev–Trinajstić information content (AvgIpc) is 3.00. The molecule has 7 nitrogen and oxygen atoms in total. The number of rotatable bonds is 5. The van der Waals surface area contributed by atoms with E-state index in [1.807, 2.05) is 54.6 Å². The Balaban J connectivity index is 1.93. The second kappa shape index (κ2) is 7.32. The highest BCUT2D eigenvalue weighted by Gasteiger charge is 2.23. The third kappa shape index (κ3) is 3.09. The van der Waals surface area contributed by atoms with Crippen molar-refractivity contribution >= 4 is 40.1 Å². The first-order valence-corrected chi connectivity index (χ1v) is 8.74. The van der Waals surface area contributed by atoms with Crippen molar-refractivity contribution in [3.8, 4) is 0 Å². The van der Waals surface area contributed by atoms with Crippen molar-refractivity contribution < 1.29 is 4.79 Å². The van der Waals surface area contributed by atoms with Crippen LogP contribution in [0.3, 0.4) is 0 Å². The van der Waals surface area contributed by atoms with E-state index in [2.05, 4.69) is 27.0 Å². The maximum absolute atomic E-state index is 12.7. The zero-order chi connectivity index (χ0) is 19.5. The highest BCUT2D eigenvalue weighted by molar-refractivity contribution is 6.10. The number of benzene rings is 2. The fourth-order valence-corrected chi connectivity index (χ4v) is 2.90. The van der Waals surface area contributed by atoms with Gasteiger partial charge in [0.25, 0.3) is 5.91 Å². The van der Waals surface area contributed by atoms with Crippen molar-refractivity contribution in [2.24, 2.45) is 5.10 Å². The second-order valence-electron chi connectivity index (χ2n) is 6.11. The normalized spacial score (nSPS) is 11.3. The van der Waals surface area contributed by atoms with E-state index in [-0.39, 0.29) is 17.3 Å². The summed E-state index contributed by atoms with van der Waals surface area (Å²) >= 11 is 0. The number of carbonyl (C=O) groups excluding carboxylic acids is 1. The number of nitrogens with one attached hydrogen (secondary N) is 1. The van der Waals surface area contributed by atoms with E-state index in [1.54, 1.807) is 12.3 Å². The summed E-state index contributed by atoms with van der Waals surface area (Å²) in [7, 11) is 0. The van der Waals surface area contributed by atoms with Gasteiger partial charge in [0.2, 0.25) is 0 Å². The van der Waals surface area contributed by atoms with E-state index in [0.717, 1.165) is 5.56 Å². The molecular formula is C21H18N6O. The largest absolute Gasteiger partial charge is 0.383 e. The number of aromatic nitrogens is 3. The van der Waals surface area contributed by atoms with Gasteiger partial charge in [0.05, 0.1) is 17.2 Å². The summed E-state index contributed by atoms with van der Waals surface area (Å²) in [6.07, 6.45) is 3.26. The van der Waals surface area contributed by atoms with Gasteiger partial charge >= 0.3 is 0 Å². The van der Waals surface area contributed by atoms with Crippen molar-refractivity contribution in [3.05, 3.63) is 78.4 Å². The van der Waals surface area contributed by atoms with E-state index < -0.39 is 0 Å². The Labute approximate surface area is 161 Å². The zero-order valence-electron chi connectivity index (χ0n) is 15.0. The van der Waals surface area contributed by atoms with E-state index >= 15 is 0 Å². The Hall–Kier alpha value is -4.00. The molecule has 0 spiro atoms. The molecule has 0 aliphatic carbocycles. The zero-order valence-corrected chi connectivity index (χ0v) is 15.0. The quantitative estimate of drug-likeness (QED) is 0.417. The van der Waals surface area contributed by atoms with Crippen molar-refractivity contribution in [2.45, 2.75) is 0 Å². The molecule has 0 saturated heterocycles. The number of amides is 1. The van der Waals surface area contributed by atoms with E-state index in [1.165, 1.54) is 4.68 Å². The number of nitrogens with two attached hydrogens (primary N) is 1. The minimum absolute atomic E-state index is 0.180. The molecule has 0 unspecified atom stereocenters. The number of nitrogen functional groups attached to an aromatic ring is 1. The summed E-state index contributed by atoms with van der Waals surface area (Å²) in [6, 6.07) is 17.0. The molecule has 4 aromatic rings. The number of carbonyl (C=O) groups is 1. The van der Waals surface area contributed by atoms with Gasteiger partial charge < -0.3 is 11.1 Å². The molecule has 0 radical (unpaired) electrons. The molecule has 0 saturated carbocycles. The molecule has 2 heterocycles. The van der Waals surface area contributed by atoms with Crippen LogP contribution in [-0.2, 0) is 0 Å². The second-order valence-corrected chi connectivity index (χ2v) is 6.11. The van der Waals surface area contributed by atoms with Crippen LogP contribution in [0.1, 0.15) is 15.9 Å². The molecule has 0 fully saturated rings. The third-order valence-corrected chi connectivity index (χ3v) is 4.23. The lowest BCUT2D eigenvalue weighted by molar-refractivity contribution is 0.0960. The van der Waals surface area contributed by atoms with Crippen LogP contribution in [0.4, 0.5) is 5.82 Å². The summed E-state index contributed by atoms with van der Waals surface area (Å²) in [4.78, 5) is 22.0. The van der Waals surface area contributed by atoms with E-state index in [4.69, 9.17) is 5.73 Å². The number of hydrogen-bond acceptors (Lipinski definition) is 5. The number of para-hydroxylation sites is 2. The predicted molar refractivity (Wildman–Crippen MR) is 111 cm³/mol. The average molecular weight is 370 g/mol. The molecule has 2 aromatic heterocycles. The first-order valence-electron chi connectivity index (χ1n) is 8.74. The van der Waals surface area contributed by atoms with Crippen LogP contribution >= 0.6 is 0 Å². The van der Waals surface area contributed by atoms with Crippen LogP contribution < -0.4 is 11.1 Å². The minimum atomic E-state index is -0.347. The Morgan fingerprint density at radius 2 is 1.79 bits per heavy atom.